The van der Waals surface area contributed by atoms with Gasteiger partial charge in [0.25, 0.3) is 5.78 Å². The van der Waals surface area contributed by atoms with Gasteiger partial charge in [-0.2, -0.15) is 19.5 Å². The molecule has 1 unspecified atom stereocenters. The fourth-order valence-corrected chi connectivity index (χ4v) is 4.04. The van der Waals surface area contributed by atoms with Crippen LogP contribution in [0.3, 0.4) is 0 Å². The van der Waals surface area contributed by atoms with Crippen molar-refractivity contribution in [1.29, 1.82) is 0 Å². The molecule has 0 radical (unpaired) electrons. The van der Waals surface area contributed by atoms with Crippen LogP contribution in [0.1, 0.15) is 0 Å². The van der Waals surface area contributed by atoms with Crippen molar-refractivity contribution in [1.82, 2.24) is 29.5 Å². The van der Waals surface area contributed by atoms with Crippen LogP contribution in [0.5, 0.6) is 5.75 Å². The Morgan fingerprint density at radius 1 is 1.13 bits per heavy atom. The summed E-state index contributed by atoms with van der Waals surface area (Å²) in [6.45, 7) is 2.72. The van der Waals surface area contributed by atoms with Crippen LogP contribution in [0.15, 0.2) is 34.9 Å². The van der Waals surface area contributed by atoms with E-state index in [1.165, 1.54) is 16.8 Å². The van der Waals surface area contributed by atoms with Crippen molar-refractivity contribution in [3.63, 3.8) is 0 Å². The van der Waals surface area contributed by atoms with Crippen LogP contribution >= 0.6 is 0 Å². The van der Waals surface area contributed by atoms with Gasteiger partial charge in [0.05, 0.1) is 18.6 Å². The van der Waals surface area contributed by atoms with Gasteiger partial charge in [0.1, 0.15) is 18.5 Å². The molecular formula is C23H27F2N9O4. The van der Waals surface area contributed by atoms with Crippen LogP contribution in [-0.2, 0) is 0 Å². The second kappa shape index (κ2) is 11.1. The number of ether oxygens (including phenoxy) is 1. The summed E-state index contributed by atoms with van der Waals surface area (Å²) in [5, 5.41) is 25.7. The van der Waals surface area contributed by atoms with E-state index in [4.69, 9.17) is 20.0 Å². The number of halogens is 2. The van der Waals surface area contributed by atoms with E-state index < -0.39 is 24.3 Å². The lowest BCUT2D eigenvalue weighted by molar-refractivity contribution is 0.0523. The summed E-state index contributed by atoms with van der Waals surface area (Å²) in [4.78, 5) is 16.9. The molecule has 38 heavy (non-hydrogen) atoms. The van der Waals surface area contributed by atoms with E-state index in [2.05, 4.69) is 30.3 Å². The third kappa shape index (κ3) is 5.58. The number of hydrogen-bond acceptors (Lipinski definition) is 12. The van der Waals surface area contributed by atoms with Crippen LogP contribution in [0.4, 0.5) is 26.4 Å². The third-order valence-electron chi connectivity index (χ3n) is 6.04. The number of benzene rings is 1. The molecule has 5 rings (SSSR count). The van der Waals surface area contributed by atoms with Crippen molar-refractivity contribution in [3.8, 4) is 17.3 Å². The Morgan fingerprint density at radius 2 is 1.95 bits per heavy atom. The van der Waals surface area contributed by atoms with E-state index in [1.54, 1.807) is 12.1 Å². The van der Waals surface area contributed by atoms with E-state index >= 15 is 0 Å². The molecule has 4 aromatic rings. The SMILES string of the molecule is Nc1nc(NCCN2CCN(c3cc(OCC(O)CO)c(F)cc3F)CC2)nc2nc(-c3ccco3)nn12. The van der Waals surface area contributed by atoms with Gasteiger partial charge in [-0.1, -0.05) is 0 Å². The number of nitrogens with zero attached hydrogens (tertiary/aromatic N) is 7. The first kappa shape index (κ1) is 25.6. The second-order valence-corrected chi connectivity index (χ2v) is 8.67. The number of piperazine rings is 1. The minimum absolute atomic E-state index is 0.131. The van der Waals surface area contributed by atoms with Crippen molar-refractivity contribution < 1.29 is 28.1 Å². The highest BCUT2D eigenvalue weighted by Gasteiger charge is 2.22. The fourth-order valence-electron chi connectivity index (χ4n) is 4.04. The van der Waals surface area contributed by atoms with E-state index in [0.29, 0.717) is 56.8 Å². The molecule has 0 aliphatic carbocycles. The lowest BCUT2D eigenvalue weighted by Crippen LogP contribution is -2.48. The van der Waals surface area contributed by atoms with Gasteiger partial charge in [0, 0.05) is 51.4 Å². The summed E-state index contributed by atoms with van der Waals surface area (Å²) in [6, 6.07) is 5.52. The summed E-state index contributed by atoms with van der Waals surface area (Å²) in [6.07, 6.45) is 0.372. The number of rotatable bonds is 10. The lowest BCUT2D eigenvalue weighted by Gasteiger charge is -2.36. The third-order valence-corrected chi connectivity index (χ3v) is 6.04. The Labute approximate surface area is 215 Å². The van der Waals surface area contributed by atoms with Gasteiger partial charge in [0.2, 0.25) is 17.7 Å². The van der Waals surface area contributed by atoms with Crippen molar-refractivity contribution in [2.75, 3.05) is 68.4 Å². The Morgan fingerprint density at radius 3 is 2.68 bits per heavy atom. The molecule has 0 bridgehead atoms. The number of anilines is 3. The monoisotopic (exact) mass is 531 g/mol. The maximum Gasteiger partial charge on any atom is 0.259 e. The second-order valence-electron chi connectivity index (χ2n) is 8.67. The molecule has 0 amide bonds. The maximum absolute atomic E-state index is 14.5. The van der Waals surface area contributed by atoms with Gasteiger partial charge >= 0.3 is 0 Å². The van der Waals surface area contributed by atoms with Crippen LogP contribution in [0.25, 0.3) is 17.4 Å². The first-order valence-corrected chi connectivity index (χ1v) is 12.0. The number of nitrogens with one attached hydrogen (secondary N) is 1. The van der Waals surface area contributed by atoms with Crippen molar-refractivity contribution in [3.05, 3.63) is 42.2 Å². The van der Waals surface area contributed by atoms with Gasteiger partial charge in [-0.25, -0.2) is 8.78 Å². The normalized spacial score (nSPS) is 15.2. The van der Waals surface area contributed by atoms with Crippen LogP contribution in [0, 0.1) is 11.6 Å². The molecule has 1 atom stereocenters. The average Bonchev–Trinajstić information content (AvgIpc) is 3.59. The lowest BCUT2D eigenvalue weighted by atomic mass is 10.2. The Balaban J connectivity index is 1.14. The van der Waals surface area contributed by atoms with Crippen LogP contribution < -0.4 is 20.7 Å². The first-order valence-electron chi connectivity index (χ1n) is 12.0. The average molecular weight is 532 g/mol. The Bertz CT molecular complexity index is 1380. The predicted molar refractivity (Wildman–Crippen MR) is 133 cm³/mol. The summed E-state index contributed by atoms with van der Waals surface area (Å²) >= 11 is 0. The standard InChI is InChI=1S/C23H27F2N9O4/c24-15-10-16(25)19(38-13-14(36)12-35)11-17(15)33-7-5-32(6-8-33)4-3-27-22-29-21(26)34-23(30-22)28-20(31-34)18-2-1-9-37-18/h1-2,9-11,14,35-36H,3-8,12-13H2,(H3,26,27,28,29,30,31). The van der Waals surface area contributed by atoms with Crippen molar-refractivity contribution >= 4 is 23.4 Å². The maximum atomic E-state index is 14.5. The highest BCUT2D eigenvalue weighted by molar-refractivity contribution is 5.54. The molecule has 1 aromatic carbocycles. The molecule has 4 heterocycles. The van der Waals surface area contributed by atoms with E-state index in [9.17, 15) is 13.9 Å². The minimum atomic E-state index is -1.15. The zero-order valence-electron chi connectivity index (χ0n) is 20.3. The highest BCUT2D eigenvalue weighted by Crippen LogP contribution is 2.29. The number of furan rings is 1. The summed E-state index contributed by atoms with van der Waals surface area (Å²) < 4.78 is 40.5. The molecule has 1 aliphatic heterocycles. The molecule has 1 saturated heterocycles. The molecule has 1 fully saturated rings. The van der Waals surface area contributed by atoms with Gasteiger partial charge in [-0.15, -0.1) is 5.10 Å². The van der Waals surface area contributed by atoms with E-state index in [0.717, 1.165) is 6.07 Å². The van der Waals surface area contributed by atoms with Crippen molar-refractivity contribution in [2.24, 2.45) is 0 Å². The van der Waals surface area contributed by atoms with E-state index in [1.807, 2.05) is 4.90 Å². The molecule has 13 nitrogen and oxygen atoms in total. The molecular weight excluding hydrogens is 504 g/mol. The predicted octanol–water partition coefficient (Wildman–Crippen LogP) is 0.606. The van der Waals surface area contributed by atoms with Gasteiger partial charge in [-0.05, 0) is 12.1 Å². The number of nitrogen functional groups attached to an aromatic ring is 1. The highest BCUT2D eigenvalue weighted by atomic mass is 19.1. The Hall–Kier alpha value is -4.08. The molecule has 15 heteroatoms. The molecule has 0 spiro atoms. The topological polar surface area (TPSA) is 163 Å². The smallest absolute Gasteiger partial charge is 0.259 e. The van der Waals surface area contributed by atoms with Gasteiger partial charge in [0.15, 0.2) is 17.3 Å². The molecule has 3 aromatic heterocycles. The number of aliphatic hydroxyl groups is 2. The van der Waals surface area contributed by atoms with Crippen LogP contribution in [-0.4, -0.2) is 98.3 Å². The number of fused-ring (bicyclic) bond motifs is 1. The zero-order chi connectivity index (χ0) is 26.6. The quantitative estimate of drug-likeness (QED) is 0.226. The Kier molecular flexibility index (Phi) is 7.48. The number of aliphatic hydroxyl groups excluding tert-OH is 2. The largest absolute Gasteiger partial charge is 0.488 e. The van der Waals surface area contributed by atoms with Crippen molar-refractivity contribution in [2.45, 2.75) is 6.10 Å². The summed E-state index contributed by atoms with van der Waals surface area (Å²) in [5.74, 6) is -0.159. The number of aromatic nitrogens is 5. The molecule has 0 saturated carbocycles. The van der Waals surface area contributed by atoms with Gasteiger partial charge < -0.3 is 35.3 Å². The molecule has 5 N–H and O–H groups in total. The van der Waals surface area contributed by atoms with Crippen LogP contribution in [0.2, 0.25) is 0 Å². The number of hydrogen-bond donors (Lipinski definition) is 4. The zero-order valence-corrected chi connectivity index (χ0v) is 20.3. The number of nitrogens with two attached hydrogens (primary N) is 1. The van der Waals surface area contributed by atoms with E-state index in [-0.39, 0.29) is 29.8 Å². The molecule has 202 valence electrons. The summed E-state index contributed by atoms with van der Waals surface area (Å²) in [5.41, 5.74) is 6.24. The first-order chi connectivity index (χ1) is 18.4. The summed E-state index contributed by atoms with van der Waals surface area (Å²) in [7, 11) is 0. The fraction of sp³-hybridized carbons (Fsp3) is 0.391. The van der Waals surface area contributed by atoms with Gasteiger partial charge in [-0.3, -0.25) is 4.90 Å². The molecule has 1 aliphatic rings. The minimum Gasteiger partial charge on any atom is -0.488 e.